The molecule has 1 amide bonds. The van der Waals surface area contributed by atoms with E-state index in [0.717, 1.165) is 42.7 Å². The molecule has 5 nitrogen and oxygen atoms in total. The monoisotopic (exact) mass is 307 g/mol. The lowest BCUT2D eigenvalue weighted by Crippen LogP contribution is -2.23. The molecule has 0 saturated heterocycles. The lowest BCUT2D eigenvalue weighted by molar-refractivity contribution is -0.119. The maximum Gasteiger partial charge on any atom is 0.210 e. The predicted octanol–water partition coefficient (Wildman–Crippen LogP) is 2.62. The van der Waals surface area contributed by atoms with Crippen LogP contribution in [-0.4, -0.2) is 44.3 Å². The van der Waals surface area contributed by atoms with Crippen LogP contribution in [0.25, 0.3) is 0 Å². The van der Waals surface area contributed by atoms with Gasteiger partial charge in [-0.15, -0.1) is 0 Å². The molecule has 0 aliphatic heterocycles. The van der Waals surface area contributed by atoms with Crippen molar-refractivity contribution >= 4 is 6.41 Å². The number of rotatable bonds is 11. The largest absolute Gasteiger partial charge is 0.490 e. The van der Waals surface area contributed by atoms with Crippen molar-refractivity contribution in [3.8, 4) is 11.5 Å². The van der Waals surface area contributed by atoms with Gasteiger partial charge in [0, 0.05) is 32.7 Å². The molecule has 122 valence electrons. The van der Waals surface area contributed by atoms with E-state index in [1.54, 1.807) is 7.11 Å². The first-order valence-corrected chi connectivity index (χ1v) is 7.87. The van der Waals surface area contributed by atoms with Gasteiger partial charge < -0.3 is 19.1 Å². The van der Waals surface area contributed by atoms with E-state index in [1.807, 2.05) is 30.0 Å². The molecule has 1 aromatic carbocycles. The van der Waals surface area contributed by atoms with Gasteiger partial charge in [-0.1, -0.05) is 6.07 Å². The fourth-order valence-electron chi connectivity index (χ4n) is 2.29. The SMILES string of the molecule is CCOc1ccc(CN(C=O)C2CC2)cc1OCCCOC. The minimum atomic E-state index is 0.412. The quantitative estimate of drug-likeness (QED) is 0.466. The first-order valence-electron chi connectivity index (χ1n) is 7.87. The highest BCUT2D eigenvalue weighted by atomic mass is 16.5. The summed E-state index contributed by atoms with van der Waals surface area (Å²) >= 11 is 0. The molecule has 1 aliphatic carbocycles. The average Bonchev–Trinajstić information content (AvgIpc) is 3.36. The van der Waals surface area contributed by atoms with E-state index in [9.17, 15) is 4.79 Å². The molecule has 5 heteroatoms. The van der Waals surface area contributed by atoms with Crippen molar-refractivity contribution in [1.82, 2.24) is 4.90 Å². The highest BCUT2D eigenvalue weighted by molar-refractivity contribution is 5.50. The molecule has 1 saturated carbocycles. The molecular weight excluding hydrogens is 282 g/mol. The molecule has 1 aromatic rings. The van der Waals surface area contributed by atoms with Crippen LogP contribution in [0.1, 0.15) is 31.7 Å². The van der Waals surface area contributed by atoms with Crippen LogP contribution in [0, 0.1) is 0 Å². The van der Waals surface area contributed by atoms with E-state index in [4.69, 9.17) is 14.2 Å². The van der Waals surface area contributed by atoms with Gasteiger partial charge in [0.1, 0.15) is 0 Å². The van der Waals surface area contributed by atoms with Crippen molar-refractivity contribution in [3.05, 3.63) is 23.8 Å². The number of amides is 1. The number of hydrogen-bond acceptors (Lipinski definition) is 4. The first-order chi connectivity index (χ1) is 10.8. The second-order valence-electron chi connectivity index (χ2n) is 5.42. The first kappa shape index (κ1) is 16.6. The number of carbonyl (C=O) groups excluding carboxylic acids is 1. The number of ether oxygens (including phenoxy) is 3. The summed E-state index contributed by atoms with van der Waals surface area (Å²) in [7, 11) is 1.68. The van der Waals surface area contributed by atoms with Gasteiger partial charge >= 0.3 is 0 Å². The van der Waals surface area contributed by atoms with Crippen LogP contribution in [-0.2, 0) is 16.1 Å². The molecular formula is C17H25NO4. The third-order valence-corrected chi connectivity index (χ3v) is 3.57. The lowest BCUT2D eigenvalue weighted by atomic mass is 10.2. The van der Waals surface area contributed by atoms with Crippen molar-refractivity contribution in [2.75, 3.05) is 26.9 Å². The van der Waals surface area contributed by atoms with Crippen molar-refractivity contribution in [3.63, 3.8) is 0 Å². The lowest BCUT2D eigenvalue weighted by Gasteiger charge is -2.18. The Morgan fingerprint density at radius 1 is 1.23 bits per heavy atom. The third-order valence-electron chi connectivity index (χ3n) is 3.57. The normalized spacial score (nSPS) is 13.7. The van der Waals surface area contributed by atoms with Gasteiger partial charge in [0.2, 0.25) is 6.41 Å². The fraction of sp³-hybridized carbons (Fsp3) is 0.588. The molecule has 0 aromatic heterocycles. The third kappa shape index (κ3) is 4.91. The number of methoxy groups -OCH3 is 1. The van der Waals surface area contributed by atoms with Gasteiger partial charge in [-0.05, 0) is 37.5 Å². The summed E-state index contributed by atoms with van der Waals surface area (Å²) in [6.07, 6.45) is 3.98. The molecule has 0 heterocycles. The molecule has 2 rings (SSSR count). The number of carbonyl (C=O) groups is 1. The molecule has 1 fully saturated rings. The zero-order chi connectivity index (χ0) is 15.8. The minimum Gasteiger partial charge on any atom is -0.490 e. The van der Waals surface area contributed by atoms with Gasteiger partial charge in [-0.3, -0.25) is 4.79 Å². The predicted molar refractivity (Wildman–Crippen MR) is 84.2 cm³/mol. The van der Waals surface area contributed by atoms with E-state index < -0.39 is 0 Å². The van der Waals surface area contributed by atoms with Crippen LogP contribution in [0.4, 0.5) is 0 Å². The maximum absolute atomic E-state index is 11.1. The van der Waals surface area contributed by atoms with Crippen LogP contribution in [0.2, 0.25) is 0 Å². The topological polar surface area (TPSA) is 48.0 Å². The molecule has 0 spiro atoms. The molecule has 1 aliphatic rings. The standard InChI is InChI=1S/C17H25NO4/c1-3-21-16-8-5-14(12-18(13-19)15-6-7-15)11-17(16)22-10-4-9-20-2/h5,8,11,13,15H,3-4,6-7,9-10,12H2,1-2H3. The Hall–Kier alpha value is -1.75. The summed E-state index contributed by atoms with van der Waals surface area (Å²) in [5.74, 6) is 1.48. The van der Waals surface area contributed by atoms with Crippen LogP contribution in [0.3, 0.4) is 0 Å². The summed E-state index contributed by atoms with van der Waals surface area (Å²) in [5.41, 5.74) is 1.06. The Balaban J connectivity index is 2.02. The van der Waals surface area contributed by atoms with Gasteiger partial charge in [0.25, 0.3) is 0 Å². The van der Waals surface area contributed by atoms with E-state index in [1.165, 1.54) is 0 Å². The Morgan fingerprint density at radius 2 is 2.05 bits per heavy atom. The summed E-state index contributed by atoms with van der Waals surface area (Å²) in [4.78, 5) is 13.0. The van der Waals surface area contributed by atoms with Crippen molar-refractivity contribution < 1.29 is 19.0 Å². The van der Waals surface area contributed by atoms with Crippen LogP contribution in [0.5, 0.6) is 11.5 Å². The van der Waals surface area contributed by atoms with E-state index in [0.29, 0.717) is 32.4 Å². The van der Waals surface area contributed by atoms with Gasteiger partial charge in [0.05, 0.1) is 13.2 Å². The highest BCUT2D eigenvalue weighted by Gasteiger charge is 2.28. The number of benzene rings is 1. The second kappa shape index (κ2) is 8.63. The zero-order valence-corrected chi connectivity index (χ0v) is 13.4. The van der Waals surface area contributed by atoms with Gasteiger partial charge in [0.15, 0.2) is 11.5 Å². The summed E-state index contributed by atoms with van der Waals surface area (Å²) < 4.78 is 16.4. The fourth-order valence-corrected chi connectivity index (χ4v) is 2.29. The molecule has 22 heavy (non-hydrogen) atoms. The summed E-state index contributed by atoms with van der Waals surface area (Å²) in [6, 6.07) is 6.29. The van der Waals surface area contributed by atoms with Crippen molar-refractivity contribution in [2.45, 2.75) is 38.8 Å². The smallest absolute Gasteiger partial charge is 0.210 e. The van der Waals surface area contributed by atoms with Crippen LogP contribution in [0.15, 0.2) is 18.2 Å². The Bertz CT molecular complexity index is 474. The highest BCUT2D eigenvalue weighted by Crippen LogP contribution is 2.31. The summed E-state index contributed by atoms with van der Waals surface area (Å²) in [5, 5.41) is 0. The van der Waals surface area contributed by atoms with Gasteiger partial charge in [-0.2, -0.15) is 0 Å². The minimum absolute atomic E-state index is 0.412. The van der Waals surface area contributed by atoms with E-state index in [-0.39, 0.29) is 0 Å². The molecule has 0 atom stereocenters. The second-order valence-corrected chi connectivity index (χ2v) is 5.42. The molecule has 0 radical (unpaired) electrons. The Labute approximate surface area is 132 Å². The Morgan fingerprint density at radius 3 is 2.68 bits per heavy atom. The Kier molecular flexibility index (Phi) is 6.52. The van der Waals surface area contributed by atoms with E-state index in [2.05, 4.69) is 0 Å². The van der Waals surface area contributed by atoms with E-state index >= 15 is 0 Å². The van der Waals surface area contributed by atoms with Crippen LogP contribution < -0.4 is 9.47 Å². The number of hydrogen-bond donors (Lipinski definition) is 0. The summed E-state index contributed by atoms with van der Waals surface area (Å²) in [6.45, 7) is 4.41. The van der Waals surface area contributed by atoms with Gasteiger partial charge in [-0.25, -0.2) is 0 Å². The van der Waals surface area contributed by atoms with Crippen LogP contribution >= 0.6 is 0 Å². The zero-order valence-electron chi connectivity index (χ0n) is 13.4. The molecule has 0 unspecified atom stereocenters. The molecule has 0 N–H and O–H groups in total. The average molecular weight is 307 g/mol. The van der Waals surface area contributed by atoms with Crippen molar-refractivity contribution in [2.24, 2.45) is 0 Å². The van der Waals surface area contributed by atoms with Crippen molar-refractivity contribution in [1.29, 1.82) is 0 Å². The molecule has 0 bridgehead atoms. The maximum atomic E-state index is 11.1. The number of nitrogens with zero attached hydrogens (tertiary/aromatic N) is 1.